The van der Waals surface area contributed by atoms with Crippen LogP contribution in [-0.2, 0) is 20.5 Å². The summed E-state index contributed by atoms with van der Waals surface area (Å²) in [5.74, 6) is 0. The number of amides is 1. The van der Waals surface area contributed by atoms with Crippen LogP contribution in [0.4, 0.5) is 9.18 Å². The molecule has 0 radical (unpaired) electrons. The van der Waals surface area contributed by atoms with E-state index in [-0.39, 0.29) is 5.56 Å². The van der Waals surface area contributed by atoms with Crippen LogP contribution in [0.1, 0.15) is 52.1 Å². The molecule has 2 N–H and O–H groups in total. The number of primary amides is 1. The first-order valence-corrected chi connectivity index (χ1v) is 9.07. The van der Waals surface area contributed by atoms with Gasteiger partial charge in [-0.15, -0.1) is 0 Å². The van der Waals surface area contributed by atoms with Gasteiger partial charge in [0.05, 0.1) is 11.2 Å². The Bertz CT molecular complexity index is 868. The Morgan fingerprint density at radius 2 is 1.85 bits per heavy atom. The molecule has 2 aromatic carbocycles. The topological polar surface area (TPSA) is 70.8 Å². The van der Waals surface area contributed by atoms with Gasteiger partial charge in [0.2, 0.25) is 0 Å². The van der Waals surface area contributed by atoms with Crippen molar-refractivity contribution in [2.75, 3.05) is 0 Å². The van der Waals surface area contributed by atoms with Gasteiger partial charge >= 0.3 is 13.2 Å². The van der Waals surface area contributed by atoms with Gasteiger partial charge in [-0.1, -0.05) is 31.2 Å². The number of ether oxygens (including phenoxy) is 1. The van der Waals surface area contributed by atoms with E-state index in [1.54, 1.807) is 12.1 Å². The van der Waals surface area contributed by atoms with E-state index in [2.05, 4.69) is 11.7 Å². The van der Waals surface area contributed by atoms with Crippen LogP contribution in [0.25, 0.3) is 10.8 Å². The molecular formula is C20H25BFNO4. The molecule has 0 bridgehead atoms. The van der Waals surface area contributed by atoms with Crippen LogP contribution in [-0.4, -0.2) is 24.4 Å². The van der Waals surface area contributed by atoms with Gasteiger partial charge in [-0.25, -0.2) is 4.79 Å². The lowest BCUT2D eigenvalue weighted by Gasteiger charge is -2.32. The highest BCUT2D eigenvalue weighted by atomic mass is 19.1. The number of nitrogens with two attached hydrogens (primary N) is 1. The number of carbonyl (C=O) groups is 1. The fraction of sp³-hybridized carbons (Fsp3) is 0.450. The first kappa shape index (κ1) is 19.6. The van der Waals surface area contributed by atoms with E-state index in [0.29, 0.717) is 5.46 Å². The number of fused-ring (bicyclic) bond motifs is 1. The summed E-state index contributed by atoms with van der Waals surface area (Å²) < 4.78 is 31.4. The van der Waals surface area contributed by atoms with Crippen molar-refractivity contribution in [3.63, 3.8) is 0 Å². The van der Waals surface area contributed by atoms with E-state index >= 15 is 0 Å². The van der Waals surface area contributed by atoms with E-state index in [0.717, 1.165) is 22.8 Å². The van der Waals surface area contributed by atoms with E-state index < -0.39 is 30.8 Å². The van der Waals surface area contributed by atoms with Crippen LogP contribution >= 0.6 is 0 Å². The molecule has 1 heterocycles. The average molecular weight is 373 g/mol. The second kappa shape index (κ2) is 6.80. The molecule has 27 heavy (non-hydrogen) atoms. The first-order chi connectivity index (χ1) is 12.6. The monoisotopic (exact) mass is 373 g/mol. The average Bonchev–Trinajstić information content (AvgIpc) is 2.80. The molecule has 1 aliphatic heterocycles. The number of aryl methyl sites for hydroxylation is 1. The van der Waals surface area contributed by atoms with E-state index in [1.807, 2.05) is 45.9 Å². The zero-order chi connectivity index (χ0) is 20.0. The summed E-state index contributed by atoms with van der Waals surface area (Å²) >= 11 is 0. The predicted octanol–water partition coefficient (Wildman–Crippen LogP) is 3.76. The minimum atomic E-state index is -1.96. The molecule has 1 amide bonds. The standard InChI is InChI=1S/C20H25BFNO4/c1-6-12-8-7-9-13-10-14(17(22)25-18(23)24)11-15(16(12)13)21-26-19(2,3)20(4,5)27-21/h7-11,17H,6H2,1-5H3,(H2,23,24). The normalized spacial score (nSPS) is 19.3. The fourth-order valence-electron chi connectivity index (χ4n) is 3.32. The smallest absolute Gasteiger partial charge is 0.411 e. The number of carbonyl (C=O) groups excluding carboxylic acids is 1. The highest BCUT2D eigenvalue weighted by molar-refractivity contribution is 6.65. The number of alkyl halides is 1. The quantitative estimate of drug-likeness (QED) is 0.829. The minimum Gasteiger partial charge on any atom is -0.411 e. The third-order valence-corrected chi connectivity index (χ3v) is 5.49. The van der Waals surface area contributed by atoms with Crippen LogP contribution in [0.3, 0.4) is 0 Å². The maximum Gasteiger partial charge on any atom is 0.495 e. The summed E-state index contributed by atoms with van der Waals surface area (Å²) in [5, 5.41) is 1.79. The van der Waals surface area contributed by atoms with Crippen molar-refractivity contribution in [1.82, 2.24) is 0 Å². The number of rotatable bonds is 4. The van der Waals surface area contributed by atoms with Crippen LogP contribution < -0.4 is 11.2 Å². The van der Waals surface area contributed by atoms with Crippen LogP contribution in [0, 0.1) is 0 Å². The second-order valence-electron chi connectivity index (χ2n) is 7.82. The van der Waals surface area contributed by atoms with Crippen molar-refractivity contribution in [3.05, 3.63) is 41.5 Å². The summed E-state index contributed by atoms with van der Waals surface area (Å²) in [6, 6.07) is 9.14. The van der Waals surface area contributed by atoms with Crippen LogP contribution in [0.2, 0.25) is 0 Å². The Morgan fingerprint density at radius 3 is 2.41 bits per heavy atom. The van der Waals surface area contributed by atoms with Crippen molar-refractivity contribution in [1.29, 1.82) is 0 Å². The SMILES string of the molecule is CCc1cccc2cc(C(F)OC(N)=O)cc(B3OC(C)(C)C(C)(C)O3)c12. The summed E-state index contributed by atoms with van der Waals surface area (Å²) in [7, 11) is -0.661. The Kier molecular flexibility index (Phi) is 4.95. The van der Waals surface area contributed by atoms with E-state index in [9.17, 15) is 9.18 Å². The Hall–Kier alpha value is -2.12. The van der Waals surface area contributed by atoms with Crippen LogP contribution in [0.5, 0.6) is 0 Å². The highest BCUT2D eigenvalue weighted by Crippen LogP contribution is 2.37. The molecule has 1 saturated heterocycles. The molecule has 5 nitrogen and oxygen atoms in total. The second-order valence-corrected chi connectivity index (χ2v) is 7.82. The molecule has 0 aliphatic carbocycles. The van der Waals surface area contributed by atoms with Gasteiger partial charge in [-0.05, 0) is 62.0 Å². The Balaban J connectivity index is 2.18. The lowest BCUT2D eigenvalue weighted by atomic mass is 9.74. The van der Waals surface area contributed by atoms with Gasteiger partial charge in [0, 0.05) is 5.56 Å². The molecule has 0 spiro atoms. The van der Waals surface area contributed by atoms with Crippen molar-refractivity contribution in [2.24, 2.45) is 5.73 Å². The Labute approximate surface area is 159 Å². The summed E-state index contributed by atoms with van der Waals surface area (Å²) in [6.45, 7) is 9.93. The summed E-state index contributed by atoms with van der Waals surface area (Å²) in [4.78, 5) is 11.0. The molecule has 2 aromatic rings. The molecule has 1 atom stereocenters. The van der Waals surface area contributed by atoms with Gasteiger partial charge in [0.15, 0.2) is 0 Å². The fourth-order valence-corrected chi connectivity index (χ4v) is 3.32. The lowest BCUT2D eigenvalue weighted by Crippen LogP contribution is -2.41. The zero-order valence-electron chi connectivity index (χ0n) is 16.3. The Morgan fingerprint density at radius 1 is 1.22 bits per heavy atom. The van der Waals surface area contributed by atoms with Gasteiger partial charge in [0.1, 0.15) is 0 Å². The van der Waals surface area contributed by atoms with Gasteiger partial charge in [-0.3, -0.25) is 0 Å². The third-order valence-electron chi connectivity index (χ3n) is 5.49. The molecule has 0 saturated carbocycles. The van der Waals surface area contributed by atoms with Crippen molar-refractivity contribution in [2.45, 2.75) is 58.6 Å². The van der Waals surface area contributed by atoms with Gasteiger partial charge < -0.3 is 19.8 Å². The zero-order valence-corrected chi connectivity index (χ0v) is 16.3. The third kappa shape index (κ3) is 3.54. The molecular weight excluding hydrogens is 348 g/mol. The van der Waals surface area contributed by atoms with Gasteiger partial charge in [0.25, 0.3) is 6.36 Å². The molecule has 0 aromatic heterocycles. The number of halogens is 1. The molecule has 1 fully saturated rings. The minimum absolute atomic E-state index is 0.194. The lowest BCUT2D eigenvalue weighted by molar-refractivity contribution is 0.00578. The molecule has 7 heteroatoms. The van der Waals surface area contributed by atoms with E-state index in [1.165, 1.54) is 0 Å². The number of hydrogen-bond donors (Lipinski definition) is 1. The molecule has 144 valence electrons. The summed E-state index contributed by atoms with van der Waals surface area (Å²) in [5.41, 5.74) is 5.93. The van der Waals surface area contributed by atoms with Crippen molar-refractivity contribution in [3.8, 4) is 0 Å². The number of benzene rings is 2. The van der Waals surface area contributed by atoms with Crippen LogP contribution in [0.15, 0.2) is 30.3 Å². The molecule has 1 unspecified atom stereocenters. The highest BCUT2D eigenvalue weighted by Gasteiger charge is 2.52. The molecule has 3 rings (SSSR count). The maximum atomic E-state index is 14.5. The predicted molar refractivity (Wildman–Crippen MR) is 104 cm³/mol. The largest absolute Gasteiger partial charge is 0.495 e. The number of hydrogen-bond acceptors (Lipinski definition) is 4. The first-order valence-electron chi connectivity index (χ1n) is 9.07. The molecule has 1 aliphatic rings. The maximum absolute atomic E-state index is 14.5. The van der Waals surface area contributed by atoms with Crippen molar-refractivity contribution < 1.29 is 23.2 Å². The van der Waals surface area contributed by atoms with E-state index in [4.69, 9.17) is 15.0 Å². The summed E-state index contributed by atoms with van der Waals surface area (Å²) in [6.07, 6.45) is -2.32. The van der Waals surface area contributed by atoms with Crippen molar-refractivity contribution >= 4 is 29.4 Å². The van der Waals surface area contributed by atoms with Gasteiger partial charge in [-0.2, -0.15) is 4.39 Å².